The minimum atomic E-state index is -0.387. The van der Waals surface area contributed by atoms with Crippen LogP contribution in [0.1, 0.15) is 24.2 Å². The van der Waals surface area contributed by atoms with E-state index < -0.39 is 0 Å². The number of aromatic nitrogens is 3. The maximum atomic E-state index is 12.1. The van der Waals surface area contributed by atoms with E-state index in [4.69, 9.17) is 4.74 Å². The predicted molar refractivity (Wildman–Crippen MR) is 105 cm³/mol. The Labute approximate surface area is 158 Å². The highest BCUT2D eigenvalue weighted by Crippen LogP contribution is 2.24. The van der Waals surface area contributed by atoms with Crippen LogP contribution in [0.5, 0.6) is 0 Å². The van der Waals surface area contributed by atoms with Gasteiger partial charge in [-0.3, -0.25) is 0 Å². The van der Waals surface area contributed by atoms with E-state index in [0.29, 0.717) is 36.2 Å². The van der Waals surface area contributed by atoms with Gasteiger partial charge in [-0.1, -0.05) is 30.3 Å². The van der Waals surface area contributed by atoms with Gasteiger partial charge in [-0.25, -0.2) is 4.79 Å². The zero-order valence-corrected chi connectivity index (χ0v) is 15.3. The quantitative estimate of drug-likeness (QED) is 0.637. The smallest absolute Gasteiger partial charge is 0.340 e. The molecule has 1 aromatic heterocycles. The van der Waals surface area contributed by atoms with Crippen molar-refractivity contribution < 1.29 is 9.53 Å². The Morgan fingerprint density at radius 1 is 1.07 bits per heavy atom. The van der Waals surface area contributed by atoms with Crippen LogP contribution >= 0.6 is 0 Å². The van der Waals surface area contributed by atoms with E-state index in [1.807, 2.05) is 48.2 Å². The molecule has 2 aromatic carbocycles. The number of nitrogens with zero attached hydrogens (tertiary/aromatic N) is 4. The van der Waals surface area contributed by atoms with Crippen molar-refractivity contribution in [2.75, 3.05) is 23.4 Å². The molecule has 0 aliphatic heterocycles. The molecule has 0 unspecified atom stereocenters. The number of ether oxygens (including phenoxy) is 1. The molecule has 0 aliphatic carbocycles. The van der Waals surface area contributed by atoms with Crippen molar-refractivity contribution in [3.8, 4) is 0 Å². The van der Waals surface area contributed by atoms with Gasteiger partial charge in [0.15, 0.2) is 5.82 Å². The summed E-state index contributed by atoms with van der Waals surface area (Å²) in [6.45, 7) is 4.80. The molecule has 0 spiro atoms. The van der Waals surface area contributed by atoms with Crippen molar-refractivity contribution in [1.82, 2.24) is 15.2 Å². The molecule has 0 aliphatic rings. The van der Waals surface area contributed by atoms with Crippen molar-refractivity contribution in [1.29, 1.82) is 0 Å². The van der Waals surface area contributed by atoms with Crippen LogP contribution in [0.3, 0.4) is 0 Å². The molecule has 1 N–H and O–H groups in total. The van der Waals surface area contributed by atoms with Gasteiger partial charge in [0.1, 0.15) is 0 Å². The second-order valence-electron chi connectivity index (χ2n) is 5.61. The molecule has 0 saturated carbocycles. The van der Waals surface area contributed by atoms with Crippen molar-refractivity contribution >= 4 is 29.1 Å². The van der Waals surface area contributed by atoms with Crippen LogP contribution in [0.15, 0.2) is 60.8 Å². The number of para-hydroxylation sites is 2. The minimum Gasteiger partial charge on any atom is -0.462 e. The first-order chi connectivity index (χ1) is 13.2. The third-order valence-corrected chi connectivity index (χ3v) is 3.86. The molecular formula is C20H21N5O2. The normalized spacial score (nSPS) is 10.3. The minimum absolute atomic E-state index is 0.314. The second-order valence-corrected chi connectivity index (χ2v) is 5.61. The molecule has 3 rings (SSSR count). The number of anilines is 4. The Bertz CT molecular complexity index is 902. The fourth-order valence-corrected chi connectivity index (χ4v) is 2.63. The van der Waals surface area contributed by atoms with Gasteiger partial charge in [-0.05, 0) is 38.1 Å². The zero-order chi connectivity index (χ0) is 19.1. The highest BCUT2D eigenvalue weighted by atomic mass is 16.5. The number of carbonyl (C=O) groups is 1. The molecule has 0 saturated heterocycles. The summed E-state index contributed by atoms with van der Waals surface area (Å²) < 4.78 is 5.11. The van der Waals surface area contributed by atoms with Gasteiger partial charge in [-0.15, -0.1) is 5.10 Å². The van der Waals surface area contributed by atoms with Crippen LogP contribution < -0.4 is 10.2 Å². The Hall–Kier alpha value is -3.48. The van der Waals surface area contributed by atoms with E-state index in [0.717, 1.165) is 5.69 Å². The van der Waals surface area contributed by atoms with E-state index in [1.165, 1.54) is 6.20 Å². The van der Waals surface area contributed by atoms with E-state index >= 15 is 0 Å². The Balaban J connectivity index is 1.88. The highest BCUT2D eigenvalue weighted by Gasteiger charge is 2.14. The number of hydrogen-bond acceptors (Lipinski definition) is 7. The standard InChI is InChI=1S/C20H21N5O2/c1-3-25(15-10-6-5-7-11-15)20-23-18(14-21-24-20)22-17-13-9-8-12-16(17)19(26)27-4-2/h5-14H,3-4H2,1-2H3,(H,22,23,24). The summed E-state index contributed by atoms with van der Waals surface area (Å²) in [6.07, 6.45) is 1.52. The number of carbonyl (C=O) groups excluding carboxylic acids is 1. The Morgan fingerprint density at radius 2 is 1.81 bits per heavy atom. The molecule has 138 valence electrons. The number of rotatable bonds is 7. The number of hydrogen-bond donors (Lipinski definition) is 1. The number of nitrogens with one attached hydrogen (secondary N) is 1. The molecule has 27 heavy (non-hydrogen) atoms. The molecule has 7 nitrogen and oxygen atoms in total. The van der Waals surface area contributed by atoms with Crippen LogP contribution in [0.2, 0.25) is 0 Å². The molecule has 7 heteroatoms. The van der Waals surface area contributed by atoms with Crippen molar-refractivity contribution in [2.24, 2.45) is 0 Å². The lowest BCUT2D eigenvalue weighted by atomic mass is 10.2. The topological polar surface area (TPSA) is 80.2 Å². The maximum Gasteiger partial charge on any atom is 0.340 e. The Morgan fingerprint density at radius 3 is 2.56 bits per heavy atom. The highest BCUT2D eigenvalue weighted by molar-refractivity contribution is 5.96. The molecular weight excluding hydrogens is 342 g/mol. The van der Waals surface area contributed by atoms with Gasteiger partial charge in [0, 0.05) is 12.2 Å². The monoisotopic (exact) mass is 363 g/mol. The van der Waals surface area contributed by atoms with E-state index in [1.54, 1.807) is 25.1 Å². The lowest BCUT2D eigenvalue weighted by molar-refractivity contribution is 0.0527. The molecule has 0 bridgehead atoms. The van der Waals surface area contributed by atoms with Crippen molar-refractivity contribution in [3.05, 3.63) is 66.4 Å². The summed E-state index contributed by atoms with van der Waals surface area (Å²) in [5.74, 6) is 0.579. The molecule has 0 radical (unpaired) electrons. The first kappa shape index (κ1) is 18.3. The molecule has 0 amide bonds. The predicted octanol–water partition coefficient (Wildman–Crippen LogP) is 3.95. The molecule has 0 atom stereocenters. The van der Waals surface area contributed by atoms with Crippen LogP contribution in [0, 0.1) is 0 Å². The van der Waals surface area contributed by atoms with Gasteiger partial charge in [-0.2, -0.15) is 10.1 Å². The van der Waals surface area contributed by atoms with Crippen LogP contribution in [-0.2, 0) is 4.74 Å². The fraction of sp³-hybridized carbons (Fsp3) is 0.200. The number of esters is 1. The summed E-state index contributed by atoms with van der Waals surface area (Å²) in [7, 11) is 0. The van der Waals surface area contributed by atoms with Crippen LogP contribution in [-0.4, -0.2) is 34.3 Å². The van der Waals surface area contributed by atoms with Gasteiger partial charge in [0.25, 0.3) is 5.95 Å². The van der Waals surface area contributed by atoms with Crippen molar-refractivity contribution in [3.63, 3.8) is 0 Å². The average molecular weight is 363 g/mol. The van der Waals surface area contributed by atoms with Crippen molar-refractivity contribution in [2.45, 2.75) is 13.8 Å². The second kappa shape index (κ2) is 8.75. The van der Waals surface area contributed by atoms with Crippen LogP contribution in [0.4, 0.5) is 23.1 Å². The summed E-state index contributed by atoms with van der Waals surface area (Å²) in [5.41, 5.74) is 2.02. The van der Waals surface area contributed by atoms with Gasteiger partial charge in [0.2, 0.25) is 0 Å². The van der Waals surface area contributed by atoms with E-state index in [-0.39, 0.29) is 5.97 Å². The van der Waals surface area contributed by atoms with Crippen LogP contribution in [0.25, 0.3) is 0 Å². The fourth-order valence-electron chi connectivity index (χ4n) is 2.63. The van der Waals surface area contributed by atoms with Gasteiger partial charge in [0.05, 0.1) is 24.1 Å². The largest absolute Gasteiger partial charge is 0.462 e. The summed E-state index contributed by atoms with van der Waals surface area (Å²) in [4.78, 5) is 18.6. The molecule has 1 heterocycles. The molecule has 3 aromatic rings. The molecule has 0 fully saturated rings. The average Bonchev–Trinajstić information content (AvgIpc) is 2.70. The van der Waals surface area contributed by atoms with E-state index in [9.17, 15) is 4.79 Å². The maximum absolute atomic E-state index is 12.1. The summed E-state index contributed by atoms with van der Waals surface area (Å²) >= 11 is 0. The summed E-state index contributed by atoms with van der Waals surface area (Å²) in [6, 6.07) is 17.0. The van der Waals surface area contributed by atoms with E-state index in [2.05, 4.69) is 20.5 Å². The Kier molecular flexibility index (Phi) is 5.94. The third-order valence-electron chi connectivity index (χ3n) is 3.86. The summed E-state index contributed by atoms with van der Waals surface area (Å²) in [5, 5.41) is 11.3. The lowest BCUT2D eigenvalue weighted by Crippen LogP contribution is -2.19. The first-order valence-electron chi connectivity index (χ1n) is 8.78. The first-order valence-corrected chi connectivity index (χ1v) is 8.78. The number of benzene rings is 2. The third kappa shape index (κ3) is 4.38. The SMILES string of the molecule is CCOC(=O)c1ccccc1Nc1cnnc(N(CC)c2ccccc2)n1. The lowest BCUT2D eigenvalue weighted by Gasteiger charge is -2.20. The van der Waals surface area contributed by atoms with Gasteiger partial charge < -0.3 is 15.0 Å². The zero-order valence-electron chi connectivity index (χ0n) is 15.3. The van der Waals surface area contributed by atoms with Gasteiger partial charge >= 0.3 is 5.97 Å².